The van der Waals surface area contributed by atoms with Crippen molar-refractivity contribution in [2.24, 2.45) is 11.8 Å². The summed E-state index contributed by atoms with van der Waals surface area (Å²) in [4.78, 5) is 0. The van der Waals surface area contributed by atoms with Crippen LogP contribution in [0.1, 0.15) is 0 Å². The van der Waals surface area contributed by atoms with E-state index in [1.165, 1.54) is 7.11 Å². The van der Waals surface area contributed by atoms with Crippen molar-refractivity contribution >= 4 is 0 Å². The normalized spacial score (nSPS) is 56.8. The summed E-state index contributed by atoms with van der Waals surface area (Å²) in [6.07, 6.45) is -3.04. The Morgan fingerprint density at radius 3 is 2.50 bits per heavy atom. The van der Waals surface area contributed by atoms with Gasteiger partial charge in [-0.05, 0) is 0 Å². The van der Waals surface area contributed by atoms with Crippen LogP contribution < -0.4 is 0 Å². The van der Waals surface area contributed by atoms with Crippen molar-refractivity contribution in [2.75, 3.05) is 13.7 Å². The minimum atomic E-state index is -1.66. The standard InChI is InChI=1S/C8H14O6/c1-13-7-4-6(11)5(10)3(2-9)8(4,12)14-7/h3-7,9-12H,2H2,1H3/t3?,4?,5-,6?,7-,8?/m1/s1. The summed E-state index contributed by atoms with van der Waals surface area (Å²) in [5, 5.41) is 37.9. The molecular weight excluding hydrogens is 192 g/mol. The van der Waals surface area contributed by atoms with E-state index < -0.39 is 42.7 Å². The average Bonchev–Trinajstić information content (AvgIpc) is 2.26. The van der Waals surface area contributed by atoms with Crippen LogP contribution >= 0.6 is 0 Å². The van der Waals surface area contributed by atoms with Crippen LogP contribution in [-0.2, 0) is 9.47 Å². The third-order valence-electron chi connectivity index (χ3n) is 3.17. The summed E-state index contributed by atoms with van der Waals surface area (Å²) in [6, 6.07) is 0. The van der Waals surface area contributed by atoms with Gasteiger partial charge in [0, 0.05) is 7.11 Å². The number of hydrogen-bond acceptors (Lipinski definition) is 6. The molecule has 2 aliphatic rings. The number of methoxy groups -OCH3 is 1. The molecule has 0 radical (unpaired) electrons. The molecule has 4 unspecified atom stereocenters. The molecule has 6 atom stereocenters. The third-order valence-corrected chi connectivity index (χ3v) is 3.17. The molecular formula is C8H14O6. The molecule has 0 aromatic carbocycles. The highest BCUT2D eigenvalue weighted by atomic mass is 16.8. The predicted octanol–water partition coefficient (Wildman–Crippen LogP) is -2.36. The summed E-state index contributed by atoms with van der Waals surface area (Å²) in [5.41, 5.74) is 0. The number of hydrogen-bond donors (Lipinski definition) is 4. The van der Waals surface area contributed by atoms with Gasteiger partial charge in [0.1, 0.15) is 0 Å². The lowest BCUT2D eigenvalue weighted by Gasteiger charge is -2.48. The monoisotopic (exact) mass is 206 g/mol. The molecule has 4 N–H and O–H groups in total. The Bertz CT molecular complexity index is 234. The maximum atomic E-state index is 9.87. The van der Waals surface area contributed by atoms with Crippen molar-refractivity contribution < 1.29 is 29.9 Å². The maximum Gasteiger partial charge on any atom is 0.186 e. The molecule has 1 aliphatic carbocycles. The minimum absolute atomic E-state index is 0.443. The fraction of sp³-hybridized carbons (Fsp3) is 1.00. The SMILES string of the molecule is CO[C@@H]1OC2(O)C1C(O)[C@H](O)C2CO. The average molecular weight is 206 g/mol. The molecule has 6 heteroatoms. The van der Waals surface area contributed by atoms with E-state index in [-0.39, 0.29) is 0 Å². The summed E-state index contributed by atoms with van der Waals surface area (Å²) in [5.74, 6) is -3.23. The molecule has 14 heavy (non-hydrogen) atoms. The van der Waals surface area contributed by atoms with Gasteiger partial charge in [0.15, 0.2) is 12.1 Å². The lowest BCUT2D eigenvalue weighted by atomic mass is 9.89. The lowest BCUT2D eigenvalue weighted by molar-refractivity contribution is -0.434. The second kappa shape index (κ2) is 3.13. The first-order chi connectivity index (χ1) is 6.56. The number of rotatable bonds is 2. The van der Waals surface area contributed by atoms with E-state index in [9.17, 15) is 15.3 Å². The molecule has 0 amide bonds. The van der Waals surface area contributed by atoms with E-state index in [1.807, 2.05) is 0 Å². The number of aliphatic hydroxyl groups excluding tert-OH is 3. The van der Waals surface area contributed by atoms with Crippen molar-refractivity contribution in [1.82, 2.24) is 0 Å². The van der Waals surface area contributed by atoms with Gasteiger partial charge >= 0.3 is 0 Å². The van der Waals surface area contributed by atoms with Crippen molar-refractivity contribution in [3.63, 3.8) is 0 Å². The molecule has 82 valence electrons. The smallest absolute Gasteiger partial charge is 0.186 e. The number of aliphatic hydroxyl groups is 4. The van der Waals surface area contributed by atoms with Crippen LogP contribution in [0, 0.1) is 11.8 Å². The molecule has 1 saturated carbocycles. The van der Waals surface area contributed by atoms with Crippen LogP contribution in [-0.4, -0.2) is 58.4 Å². The van der Waals surface area contributed by atoms with E-state index in [1.54, 1.807) is 0 Å². The molecule has 1 aliphatic heterocycles. The van der Waals surface area contributed by atoms with E-state index in [2.05, 4.69) is 0 Å². The van der Waals surface area contributed by atoms with Crippen molar-refractivity contribution in [2.45, 2.75) is 24.3 Å². The Hall–Kier alpha value is -0.240. The highest BCUT2D eigenvalue weighted by Gasteiger charge is 2.70. The fourth-order valence-electron chi connectivity index (χ4n) is 2.33. The summed E-state index contributed by atoms with van der Waals surface area (Å²) in [7, 11) is 1.38. The molecule has 0 bridgehead atoms. The van der Waals surface area contributed by atoms with E-state index in [0.717, 1.165) is 0 Å². The predicted molar refractivity (Wildman–Crippen MR) is 42.9 cm³/mol. The van der Waals surface area contributed by atoms with Crippen molar-refractivity contribution in [3.8, 4) is 0 Å². The van der Waals surface area contributed by atoms with Gasteiger partial charge in [0.05, 0.1) is 30.7 Å². The zero-order valence-corrected chi connectivity index (χ0v) is 7.70. The number of fused-ring (bicyclic) bond motifs is 1. The van der Waals surface area contributed by atoms with Crippen molar-refractivity contribution in [3.05, 3.63) is 0 Å². The minimum Gasteiger partial charge on any atom is -0.396 e. The van der Waals surface area contributed by atoms with Crippen LogP contribution in [0.25, 0.3) is 0 Å². The highest BCUT2D eigenvalue weighted by Crippen LogP contribution is 2.52. The first-order valence-electron chi connectivity index (χ1n) is 4.46. The van der Waals surface area contributed by atoms with Crippen molar-refractivity contribution in [1.29, 1.82) is 0 Å². The Morgan fingerprint density at radius 2 is 2.00 bits per heavy atom. The van der Waals surface area contributed by atoms with Gasteiger partial charge in [0.25, 0.3) is 0 Å². The van der Waals surface area contributed by atoms with Crippen LogP contribution in [0.3, 0.4) is 0 Å². The van der Waals surface area contributed by atoms with Gasteiger partial charge in [-0.25, -0.2) is 0 Å². The highest BCUT2D eigenvalue weighted by molar-refractivity contribution is 5.09. The Morgan fingerprint density at radius 1 is 1.36 bits per heavy atom. The molecule has 2 fully saturated rings. The molecule has 6 nitrogen and oxygen atoms in total. The second-order valence-corrected chi connectivity index (χ2v) is 3.77. The van der Waals surface area contributed by atoms with E-state index >= 15 is 0 Å². The quantitative estimate of drug-likeness (QED) is 0.403. The zero-order chi connectivity index (χ0) is 10.5. The van der Waals surface area contributed by atoms with Gasteiger partial charge in [-0.1, -0.05) is 0 Å². The Kier molecular flexibility index (Phi) is 2.30. The zero-order valence-electron chi connectivity index (χ0n) is 7.70. The largest absolute Gasteiger partial charge is 0.396 e. The third kappa shape index (κ3) is 1.01. The fourth-order valence-corrected chi connectivity index (χ4v) is 2.33. The van der Waals surface area contributed by atoms with Crippen LogP contribution in [0.2, 0.25) is 0 Å². The molecule has 0 spiro atoms. The molecule has 1 saturated heterocycles. The summed E-state index contributed by atoms with van der Waals surface area (Å²) in [6.45, 7) is -0.443. The van der Waals surface area contributed by atoms with E-state index in [0.29, 0.717) is 0 Å². The van der Waals surface area contributed by atoms with Crippen LogP contribution in [0.15, 0.2) is 0 Å². The van der Waals surface area contributed by atoms with E-state index in [4.69, 9.17) is 14.6 Å². The second-order valence-electron chi connectivity index (χ2n) is 3.77. The molecule has 1 heterocycles. The molecule has 0 aromatic heterocycles. The number of ether oxygens (including phenoxy) is 2. The van der Waals surface area contributed by atoms with Gasteiger partial charge in [0.2, 0.25) is 0 Å². The van der Waals surface area contributed by atoms with Gasteiger partial charge < -0.3 is 29.9 Å². The summed E-state index contributed by atoms with van der Waals surface area (Å²) >= 11 is 0. The van der Waals surface area contributed by atoms with Crippen LogP contribution in [0.5, 0.6) is 0 Å². The molecule has 0 aromatic rings. The van der Waals surface area contributed by atoms with Crippen LogP contribution in [0.4, 0.5) is 0 Å². The Labute approximate surface area is 80.7 Å². The Balaban J connectivity index is 2.22. The van der Waals surface area contributed by atoms with Gasteiger partial charge in [-0.3, -0.25) is 0 Å². The topological polar surface area (TPSA) is 99.4 Å². The lowest BCUT2D eigenvalue weighted by Crippen LogP contribution is -2.63. The first kappa shape index (κ1) is 10.3. The van der Waals surface area contributed by atoms with Gasteiger partial charge in [-0.2, -0.15) is 0 Å². The van der Waals surface area contributed by atoms with Gasteiger partial charge in [-0.15, -0.1) is 0 Å². The molecule has 2 rings (SSSR count). The maximum absolute atomic E-state index is 9.87. The summed E-state index contributed by atoms with van der Waals surface area (Å²) < 4.78 is 9.84. The first-order valence-corrected chi connectivity index (χ1v) is 4.46.